The van der Waals surface area contributed by atoms with Crippen molar-refractivity contribution >= 4 is 5.91 Å². The molecule has 1 amide bonds. The van der Waals surface area contributed by atoms with E-state index in [2.05, 4.69) is 20.3 Å². The number of methoxy groups -OCH3 is 1. The molecule has 2 aromatic heterocycles. The lowest BCUT2D eigenvalue weighted by Crippen LogP contribution is -2.35. The molecular formula is C13H16N6O2. The van der Waals surface area contributed by atoms with E-state index in [4.69, 9.17) is 4.74 Å². The van der Waals surface area contributed by atoms with Crippen LogP contribution in [0.4, 0.5) is 0 Å². The van der Waals surface area contributed by atoms with Crippen LogP contribution in [0.2, 0.25) is 0 Å². The number of rotatable bonds is 3. The second-order valence-corrected chi connectivity index (χ2v) is 5.00. The SMILES string of the molecule is COCC1CN(C(=O)c2ccnnc2)Cc2ncnn2C1. The largest absolute Gasteiger partial charge is 0.384 e. The second-order valence-electron chi connectivity index (χ2n) is 5.00. The summed E-state index contributed by atoms with van der Waals surface area (Å²) in [5.74, 6) is 0.878. The van der Waals surface area contributed by atoms with E-state index < -0.39 is 0 Å². The van der Waals surface area contributed by atoms with Crippen molar-refractivity contribution in [3.05, 3.63) is 36.2 Å². The van der Waals surface area contributed by atoms with Crippen LogP contribution in [0, 0.1) is 5.92 Å². The second kappa shape index (κ2) is 5.96. The van der Waals surface area contributed by atoms with Gasteiger partial charge in [-0.15, -0.1) is 0 Å². The fourth-order valence-electron chi connectivity index (χ4n) is 2.51. The third-order valence-electron chi connectivity index (χ3n) is 3.46. The molecule has 0 fully saturated rings. The fraction of sp³-hybridized carbons (Fsp3) is 0.462. The molecule has 3 rings (SSSR count). The van der Waals surface area contributed by atoms with Crippen LogP contribution < -0.4 is 0 Å². The average Bonchev–Trinajstić information content (AvgIpc) is 2.86. The number of carbonyl (C=O) groups excluding carboxylic acids is 1. The van der Waals surface area contributed by atoms with Crippen molar-refractivity contribution < 1.29 is 9.53 Å². The van der Waals surface area contributed by atoms with Crippen LogP contribution in [0.25, 0.3) is 0 Å². The van der Waals surface area contributed by atoms with Gasteiger partial charge in [0.05, 0.1) is 31.1 Å². The molecule has 0 saturated carbocycles. The predicted molar refractivity (Wildman–Crippen MR) is 72.2 cm³/mol. The van der Waals surface area contributed by atoms with Gasteiger partial charge in [-0.05, 0) is 6.07 Å². The van der Waals surface area contributed by atoms with E-state index in [1.165, 1.54) is 18.7 Å². The van der Waals surface area contributed by atoms with E-state index in [1.54, 1.807) is 18.1 Å². The van der Waals surface area contributed by atoms with Gasteiger partial charge in [-0.25, -0.2) is 9.67 Å². The Morgan fingerprint density at radius 2 is 2.33 bits per heavy atom. The predicted octanol–water partition coefficient (Wildman–Crippen LogP) is -0.0133. The van der Waals surface area contributed by atoms with Crippen LogP contribution in [-0.4, -0.2) is 56.0 Å². The monoisotopic (exact) mass is 288 g/mol. The molecule has 0 aromatic carbocycles. The molecule has 8 nitrogen and oxygen atoms in total. The number of fused-ring (bicyclic) bond motifs is 1. The van der Waals surface area contributed by atoms with Crippen molar-refractivity contribution in [2.24, 2.45) is 5.92 Å². The van der Waals surface area contributed by atoms with Gasteiger partial charge in [0, 0.05) is 26.1 Å². The van der Waals surface area contributed by atoms with Crippen LogP contribution in [0.5, 0.6) is 0 Å². The number of hydrogen-bond acceptors (Lipinski definition) is 6. The summed E-state index contributed by atoms with van der Waals surface area (Å²) in [7, 11) is 1.66. The summed E-state index contributed by atoms with van der Waals surface area (Å²) in [6, 6.07) is 1.66. The van der Waals surface area contributed by atoms with Crippen LogP contribution in [-0.2, 0) is 17.8 Å². The molecule has 1 aliphatic heterocycles. The molecule has 0 saturated heterocycles. The van der Waals surface area contributed by atoms with E-state index >= 15 is 0 Å². The Hall–Kier alpha value is -2.35. The van der Waals surface area contributed by atoms with Gasteiger partial charge in [0.15, 0.2) is 0 Å². The molecule has 1 atom stereocenters. The highest BCUT2D eigenvalue weighted by Gasteiger charge is 2.27. The standard InChI is InChI=1S/C13H16N6O2/c1-21-8-10-5-18(7-12-14-9-17-19(12)6-10)13(20)11-2-3-15-16-4-11/h2-4,9-10H,5-8H2,1H3. The zero-order valence-electron chi connectivity index (χ0n) is 11.7. The Balaban J connectivity index is 1.86. The smallest absolute Gasteiger partial charge is 0.255 e. The van der Waals surface area contributed by atoms with Gasteiger partial charge in [0.25, 0.3) is 5.91 Å². The number of aromatic nitrogens is 5. The van der Waals surface area contributed by atoms with E-state index in [9.17, 15) is 4.79 Å². The summed E-state index contributed by atoms with van der Waals surface area (Å²) in [5.41, 5.74) is 0.522. The summed E-state index contributed by atoms with van der Waals surface area (Å²) < 4.78 is 7.08. The van der Waals surface area contributed by atoms with E-state index in [0.717, 1.165) is 5.82 Å². The van der Waals surface area contributed by atoms with Gasteiger partial charge in [-0.1, -0.05) is 0 Å². The van der Waals surface area contributed by atoms with Crippen LogP contribution in [0.15, 0.2) is 24.8 Å². The fourth-order valence-corrected chi connectivity index (χ4v) is 2.51. The summed E-state index contributed by atoms with van der Waals surface area (Å²) in [6.45, 7) is 2.29. The van der Waals surface area contributed by atoms with Gasteiger partial charge in [-0.3, -0.25) is 4.79 Å². The van der Waals surface area contributed by atoms with Crippen molar-refractivity contribution in [2.45, 2.75) is 13.1 Å². The van der Waals surface area contributed by atoms with Gasteiger partial charge in [0.2, 0.25) is 0 Å². The normalized spacial score (nSPS) is 18.1. The summed E-state index contributed by atoms with van der Waals surface area (Å²) in [4.78, 5) is 18.6. The van der Waals surface area contributed by atoms with Crippen molar-refractivity contribution in [1.82, 2.24) is 29.9 Å². The lowest BCUT2D eigenvalue weighted by Gasteiger charge is -2.23. The first-order valence-electron chi connectivity index (χ1n) is 6.69. The zero-order valence-corrected chi connectivity index (χ0v) is 11.7. The van der Waals surface area contributed by atoms with Crippen molar-refractivity contribution in [3.63, 3.8) is 0 Å². The summed E-state index contributed by atoms with van der Waals surface area (Å²) in [5, 5.41) is 11.7. The molecule has 0 radical (unpaired) electrons. The Kier molecular flexibility index (Phi) is 3.87. The molecule has 8 heteroatoms. The molecule has 1 aliphatic rings. The molecule has 0 N–H and O–H groups in total. The van der Waals surface area contributed by atoms with Crippen LogP contribution in [0.1, 0.15) is 16.2 Å². The third-order valence-corrected chi connectivity index (χ3v) is 3.46. The van der Waals surface area contributed by atoms with E-state index in [-0.39, 0.29) is 11.8 Å². The summed E-state index contributed by atoms with van der Waals surface area (Å²) in [6.07, 6.45) is 4.50. The number of nitrogens with zero attached hydrogens (tertiary/aromatic N) is 6. The highest BCUT2D eigenvalue weighted by Crippen LogP contribution is 2.16. The van der Waals surface area contributed by atoms with Crippen molar-refractivity contribution in [1.29, 1.82) is 0 Å². The van der Waals surface area contributed by atoms with E-state index in [1.807, 2.05) is 4.68 Å². The maximum absolute atomic E-state index is 12.6. The quantitative estimate of drug-likeness (QED) is 0.789. The van der Waals surface area contributed by atoms with Gasteiger partial charge in [0.1, 0.15) is 12.2 Å². The summed E-state index contributed by atoms with van der Waals surface area (Å²) >= 11 is 0. The first-order chi connectivity index (χ1) is 10.3. The Bertz CT molecular complexity index is 614. The Labute approximate surface area is 121 Å². The van der Waals surface area contributed by atoms with E-state index in [0.29, 0.717) is 31.8 Å². The number of ether oxygens (including phenoxy) is 1. The first-order valence-corrected chi connectivity index (χ1v) is 6.69. The number of hydrogen-bond donors (Lipinski definition) is 0. The van der Waals surface area contributed by atoms with Crippen molar-refractivity contribution in [2.75, 3.05) is 20.3 Å². The molecule has 3 heterocycles. The highest BCUT2D eigenvalue weighted by atomic mass is 16.5. The lowest BCUT2D eigenvalue weighted by atomic mass is 10.1. The minimum absolute atomic E-state index is 0.0811. The zero-order chi connectivity index (χ0) is 14.7. The highest BCUT2D eigenvalue weighted by molar-refractivity contribution is 5.93. The minimum atomic E-state index is -0.0811. The number of amides is 1. The maximum atomic E-state index is 12.6. The van der Waals surface area contributed by atoms with Crippen LogP contribution >= 0.6 is 0 Å². The van der Waals surface area contributed by atoms with Gasteiger partial charge >= 0.3 is 0 Å². The molecule has 21 heavy (non-hydrogen) atoms. The molecule has 110 valence electrons. The molecular weight excluding hydrogens is 272 g/mol. The molecule has 0 aliphatic carbocycles. The molecule has 0 spiro atoms. The minimum Gasteiger partial charge on any atom is -0.384 e. The van der Waals surface area contributed by atoms with Crippen LogP contribution in [0.3, 0.4) is 0 Å². The Morgan fingerprint density at radius 1 is 1.43 bits per heavy atom. The first kappa shape index (κ1) is 13.6. The van der Waals surface area contributed by atoms with Gasteiger partial charge in [-0.2, -0.15) is 15.3 Å². The molecule has 1 unspecified atom stereocenters. The Morgan fingerprint density at radius 3 is 3.10 bits per heavy atom. The molecule has 2 aromatic rings. The third kappa shape index (κ3) is 2.89. The topological polar surface area (TPSA) is 86.0 Å². The number of carbonyl (C=O) groups is 1. The maximum Gasteiger partial charge on any atom is 0.255 e. The average molecular weight is 288 g/mol. The lowest BCUT2D eigenvalue weighted by molar-refractivity contribution is 0.0664. The van der Waals surface area contributed by atoms with Gasteiger partial charge < -0.3 is 9.64 Å². The molecule has 0 bridgehead atoms. The van der Waals surface area contributed by atoms with Crippen molar-refractivity contribution in [3.8, 4) is 0 Å².